The summed E-state index contributed by atoms with van der Waals surface area (Å²) in [7, 11) is 2.51. The topological polar surface area (TPSA) is 357 Å². The van der Waals surface area contributed by atoms with E-state index in [0.29, 0.717) is 19.3 Å². The van der Waals surface area contributed by atoms with Crippen LogP contribution in [0.4, 0.5) is 0 Å². The first-order valence-electron chi connectivity index (χ1n) is 24.4. The molecule has 71 heavy (non-hydrogen) atoms. The number of aliphatic carboxylic acids is 2. The van der Waals surface area contributed by atoms with Crippen molar-refractivity contribution in [2.24, 2.45) is 17.8 Å². The fourth-order valence-electron chi connectivity index (χ4n) is 9.24. The van der Waals surface area contributed by atoms with Crippen LogP contribution in [0.25, 0.3) is 0 Å². The van der Waals surface area contributed by atoms with Crippen LogP contribution in [-0.2, 0) is 61.8 Å². The standard InChI is InChI=1S/C47H82N2O22/c1-9-11-29(53)26(10-2)13-12-24(3)19-47(5,6)48-15-17-66-46-38(58)37(57)41(42(71-46)44(61)62)65-16-14-30(54)39(32(20-50)63-7)70-34-18-31(55)27(22-67-34)28(43(59)60)23-68-45-35(49-25(4)52)36(56)40(64-8)33(21-51)69-45/h26-28,30-42,45-46,48,50-51,54-58H,3,9-23H2,1-2,4-8H3,(H,49,52)(H,59,60)(H,61,62). The smallest absolute Gasteiger partial charge is 0.335 e. The minimum absolute atomic E-state index is 0.00619. The number of aliphatic hydroxyl groups excluding tert-OH is 7. The average Bonchev–Trinajstić information content (AvgIpc) is 3.30. The number of hydrogen-bond acceptors (Lipinski definition) is 21. The molecule has 18 atom stereocenters. The number of ether oxygens (including phenoxy) is 9. The van der Waals surface area contributed by atoms with E-state index in [2.05, 4.69) is 17.2 Å². The molecule has 3 aliphatic rings. The van der Waals surface area contributed by atoms with E-state index in [4.69, 9.17) is 42.6 Å². The number of Topliss-reactive ketones (excluding diaryl/α,β-unsaturated/α-hetero) is 1. The molecule has 3 heterocycles. The van der Waals surface area contributed by atoms with Crippen molar-refractivity contribution in [3.05, 3.63) is 12.2 Å². The molecule has 0 bridgehead atoms. The Labute approximate surface area is 415 Å². The van der Waals surface area contributed by atoms with Gasteiger partial charge in [-0.15, -0.1) is 0 Å². The summed E-state index contributed by atoms with van der Waals surface area (Å²) in [6.45, 7) is 10.9. The molecule has 0 aromatic heterocycles. The summed E-state index contributed by atoms with van der Waals surface area (Å²) in [4.78, 5) is 49.2. The zero-order valence-corrected chi connectivity index (χ0v) is 42.0. The van der Waals surface area contributed by atoms with E-state index in [1.165, 1.54) is 21.1 Å². The van der Waals surface area contributed by atoms with E-state index >= 15 is 0 Å². The maximum atomic E-state index is 12.5. The van der Waals surface area contributed by atoms with Crippen molar-refractivity contribution in [2.75, 3.05) is 60.4 Å². The van der Waals surface area contributed by atoms with Crippen molar-refractivity contribution in [3.63, 3.8) is 0 Å². The van der Waals surface area contributed by atoms with Crippen LogP contribution in [0.5, 0.6) is 0 Å². The molecule has 1 amide bonds. The third-order valence-electron chi connectivity index (χ3n) is 13.2. The SMILES string of the molecule is C=C(CCC(CC)C(=O)CCC)CC(C)(C)NCCOC1OC(C(=O)O)C(OCCC(O)C(OC2CC(O)C(C(COC3OC(CO)C(OC)C(O)C3NC(C)=O)C(=O)O)CO2)C(CO)OC)C(O)C1O. The van der Waals surface area contributed by atoms with E-state index in [-0.39, 0.29) is 37.7 Å². The zero-order chi connectivity index (χ0) is 53.2. The first kappa shape index (κ1) is 62.4. The van der Waals surface area contributed by atoms with Gasteiger partial charge < -0.3 is 99.2 Å². The lowest BCUT2D eigenvalue weighted by atomic mass is 9.85. The molecule has 3 fully saturated rings. The van der Waals surface area contributed by atoms with Gasteiger partial charge in [-0.05, 0) is 52.4 Å². The summed E-state index contributed by atoms with van der Waals surface area (Å²) in [6.07, 6.45) is -16.7. The number of carboxylic acid groups (broad SMARTS) is 2. The number of rotatable bonds is 33. The maximum Gasteiger partial charge on any atom is 0.335 e. The van der Waals surface area contributed by atoms with Gasteiger partial charge in [0.15, 0.2) is 25.0 Å². The summed E-state index contributed by atoms with van der Waals surface area (Å²) in [6, 6.07) is -1.22. The Bertz CT molecular complexity index is 1640. The predicted octanol–water partition coefficient (Wildman–Crippen LogP) is -1.41. The Morgan fingerprint density at radius 3 is 2.15 bits per heavy atom. The van der Waals surface area contributed by atoms with Crippen LogP contribution in [0.2, 0.25) is 0 Å². The van der Waals surface area contributed by atoms with Gasteiger partial charge in [-0.3, -0.25) is 14.4 Å². The highest BCUT2D eigenvalue weighted by atomic mass is 16.7. The molecule has 18 unspecified atom stereocenters. The molecule has 24 heteroatoms. The quantitative estimate of drug-likeness (QED) is 0.0266. The minimum atomic E-state index is -1.81. The zero-order valence-electron chi connectivity index (χ0n) is 42.0. The third-order valence-corrected chi connectivity index (χ3v) is 13.2. The number of amides is 1. The number of methoxy groups -OCH3 is 2. The Kier molecular flexibility index (Phi) is 26.8. The minimum Gasteiger partial charge on any atom is -0.481 e. The highest BCUT2D eigenvalue weighted by Crippen LogP contribution is 2.32. The summed E-state index contributed by atoms with van der Waals surface area (Å²) < 4.78 is 50.8. The Hall–Kier alpha value is -2.86. The van der Waals surface area contributed by atoms with Gasteiger partial charge in [0.2, 0.25) is 5.91 Å². The van der Waals surface area contributed by atoms with Gasteiger partial charge in [-0.25, -0.2) is 4.79 Å². The van der Waals surface area contributed by atoms with Gasteiger partial charge in [0.1, 0.15) is 60.7 Å². The van der Waals surface area contributed by atoms with Crippen LogP contribution in [-0.4, -0.2) is 228 Å². The Morgan fingerprint density at radius 1 is 0.887 bits per heavy atom. The second kappa shape index (κ2) is 30.5. The molecule has 0 aromatic carbocycles. The third kappa shape index (κ3) is 18.5. The number of carboxylic acids is 2. The summed E-state index contributed by atoms with van der Waals surface area (Å²) in [5.74, 6) is -5.72. The number of nitrogens with one attached hydrogen (secondary N) is 2. The molecule has 3 saturated heterocycles. The molecule has 24 nitrogen and oxygen atoms in total. The highest BCUT2D eigenvalue weighted by Gasteiger charge is 2.50. The average molecular weight is 1030 g/mol. The lowest BCUT2D eigenvalue weighted by molar-refractivity contribution is -0.301. The van der Waals surface area contributed by atoms with Crippen molar-refractivity contribution in [2.45, 2.75) is 184 Å². The van der Waals surface area contributed by atoms with Crippen LogP contribution in [0.3, 0.4) is 0 Å². The van der Waals surface area contributed by atoms with E-state index in [9.17, 15) is 65.1 Å². The molecule has 0 spiro atoms. The van der Waals surface area contributed by atoms with Crippen LogP contribution in [0.15, 0.2) is 12.2 Å². The first-order chi connectivity index (χ1) is 33.6. The van der Waals surface area contributed by atoms with Gasteiger partial charge >= 0.3 is 11.9 Å². The molecule has 0 radical (unpaired) electrons. The highest BCUT2D eigenvalue weighted by molar-refractivity contribution is 5.80. The molecule has 412 valence electrons. The molecule has 3 rings (SSSR count). The van der Waals surface area contributed by atoms with Gasteiger partial charge in [0.25, 0.3) is 0 Å². The van der Waals surface area contributed by atoms with Crippen molar-refractivity contribution in [1.29, 1.82) is 0 Å². The number of carbonyl (C=O) groups is 4. The summed E-state index contributed by atoms with van der Waals surface area (Å²) in [5, 5.41) is 101. The maximum absolute atomic E-state index is 12.5. The van der Waals surface area contributed by atoms with E-state index in [1.807, 2.05) is 27.7 Å². The van der Waals surface area contributed by atoms with Crippen LogP contribution in [0.1, 0.15) is 86.0 Å². The first-order valence-corrected chi connectivity index (χ1v) is 24.4. The van der Waals surface area contributed by atoms with E-state index in [0.717, 1.165) is 24.8 Å². The summed E-state index contributed by atoms with van der Waals surface area (Å²) >= 11 is 0. The van der Waals surface area contributed by atoms with Crippen LogP contribution < -0.4 is 10.6 Å². The van der Waals surface area contributed by atoms with Crippen molar-refractivity contribution in [1.82, 2.24) is 10.6 Å². The van der Waals surface area contributed by atoms with Gasteiger partial charge in [-0.2, -0.15) is 0 Å². The predicted molar refractivity (Wildman–Crippen MR) is 247 cm³/mol. The monoisotopic (exact) mass is 1030 g/mol. The van der Waals surface area contributed by atoms with Gasteiger partial charge in [0.05, 0.1) is 51.2 Å². The molecule has 11 N–H and O–H groups in total. The lowest BCUT2D eigenvalue weighted by Gasteiger charge is -2.44. The fraction of sp³-hybridized carbons (Fsp3) is 0.872. The Balaban J connectivity index is 1.55. The lowest BCUT2D eigenvalue weighted by Crippen LogP contribution is -2.65. The Morgan fingerprint density at radius 2 is 1.59 bits per heavy atom. The molecular formula is C47H82N2O22. The summed E-state index contributed by atoms with van der Waals surface area (Å²) in [5.41, 5.74) is 0.565. The molecule has 0 aliphatic carbocycles. The largest absolute Gasteiger partial charge is 0.481 e. The number of hydrogen-bond donors (Lipinski definition) is 11. The van der Waals surface area contributed by atoms with Crippen molar-refractivity contribution < 1.29 is 108 Å². The second-order valence-corrected chi connectivity index (χ2v) is 19.1. The van der Waals surface area contributed by atoms with E-state index in [1.54, 1.807) is 0 Å². The number of aliphatic hydroxyl groups is 7. The van der Waals surface area contributed by atoms with Crippen LogP contribution >= 0.6 is 0 Å². The number of carbonyl (C=O) groups excluding carboxylic acids is 2. The van der Waals surface area contributed by atoms with Crippen LogP contribution in [0, 0.1) is 17.8 Å². The van der Waals surface area contributed by atoms with Crippen molar-refractivity contribution >= 4 is 23.6 Å². The molecular weight excluding hydrogens is 945 g/mol. The van der Waals surface area contributed by atoms with Gasteiger partial charge in [0, 0.05) is 64.5 Å². The molecule has 0 saturated carbocycles. The normalized spacial score (nSPS) is 31.5. The second-order valence-electron chi connectivity index (χ2n) is 19.1. The number of ketones is 1. The molecule has 0 aromatic rings. The molecule has 3 aliphatic heterocycles. The van der Waals surface area contributed by atoms with E-state index < -0.39 is 160 Å². The van der Waals surface area contributed by atoms with Crippen molar-refractivity contribution in [3.8, 4) is 0 Å². The fourth-order valence-corrected chi connectivity index (χ4v) is 9.24. The van der Waals surface area contributed by atoms with Gasteiger partial charge in [-0.1, -0.05) is 26.0 Å².